The average molecular weight is 297 g/mol. The molecule has 0 amide bonds. The smallest absolute Gasteiger partial charge is 0.162 e. The molecule has 1 aromatic carbocycles. The number of thioether (sulfide) groups is 1. The van der Waals surface area contributed by atoms with Gasteiger partial charge in [0, 0.05) is 30.0 Å². The van der Waals surface area contributed by atoms with Gasteiger partial charge in [-0.3, -0.25) is 0 Å². The van der Waals surface area contributed by atoms with Crippen LogP contribution in [0.4, 0.5) is 0 Å². The van der Waals surface area contributed by atoms with E-state index < -0.39 is 0 Å². The maximum Gasteiger partial charge on any atom is 0.162 e. The molecule has 2 N–H and O–H groups in total. The van der Waals surface area contributed by atoms with Gasteiger partial charge < -0.3 is 19.9 Å². The van der Waals surface area contributed by atoms with Crippen molar-refractivity contribution < 1.29 is 14.6 Å². The van der Waals surface area contributed by atoms with Gasteiger partial charge in [-0.1, -0.05) is 13.8 Å². The summed E-state index contributed by atoms with van der Waals surface area (Å²) in [5.74, 6) is 1.66. The first-order chi connectivity index (χ1) is 9.55. The summed E-state index contributed by atoms with van der Waals surface area (Å²) in [5, 5.41) is 12.7. The number of ether oxygens (including phenoxy) is 2. The molecule has 5 heteroatoms. The summed E-state index contributed by atoms with van der Waals surface area (Å²) in [5.41, 5.74) is 1.10. The fourth-order valence-electron chi connectivity index (χ4n) is 2.03. The lowest BCUT2D eigenvalue weighted by molar-refractivity contribution is 0.156. The number of aliphatic hydroxyl groups excluding tert-OH is 1. The number of hydrogen-bond acceptors (Lipinski definition) is 5. The molecule has 0 unspecified atom stereocenters. The van der Waals surface area contributed by atoms with Crippen LogP contribution >= 0.6 is 11.8 Å². The van der Waals surface area contributed by atoms with Gasteiger partial charge in [0.1, 0.15) is 13.2 Å². The lowest BCUT2D eigenvalue weighted by Crippen LogP contribution is -2.32. The van der Waals surface area contributed by atoms with E-state index in [-0.39, 0.29) is 12.0 Å². The molecular formula is C15H23NO3S. The summed E-state index contributed by atoms with van der Waals surface area (Å²) in [6.07, 6.45) is 2.06. The van der Waals surface area contributed by atoms with Gasteiger partial charge in [-0.2, -0.15) is 0 Å². The van der Waals surface area contributed by atoms with Gasteiger partial charge in [0.15, 0.2) is 11.5 Å². The zero-order valence-corrected chi connectivity index (χ0v) is 13.2. The molecule has 0 saturated carbocycles. The molecule has 0 aromatic heterocycles. The lowest BCUT2D eigenvalue weighted by atomic mass is 9.95. The van der Waals surface area contributed by atoms with Crippen LogP contribution in [0.25, 0.3) is 0 Å². The second-order valence-electron chi connectivity index (χ2n) is 5.73. The van der Waals surface area contributed by atoms with Crippen LogP contribution in [0.15, 0.2) is 17.0 Å². The van der Waals surface area contributed by atoms with Crippen molar-refractivity contribution in [2.45, 2.75) is 25.3 Å². The molecule has 112 valence electrons. The van der Waals surface area contributed by atoms with Crippen LogP contribution in [-0.4, -0.2) is 37.7 Å². The molecule has 1 heterocycles. The van der Waals surface area contributed by atoms with Crippen LogP contribution in [0, 0.1) is 5.41 Å². The van der Waals surface area contributed by atoms with Crippen molar-refractivity contribution in [2.24, 2.45) is 5.41 Å². The van der Waals surface area contributed by atoms with Gasteiger partial charge in [0.05, 0.1) is 0 Å². The minimum atomic E-state index is -0.104. The highest BCUT2D eigenvalue weighted by Crippen LogP contribution is 2.36. The van der Waals surface area contributed by atoms with E-state index in [1.165, 1.54) is 10.5 Å². The summed E-state index contributed by atoms with van der Waals surface area (Å²) in [6.45, 7) is 7.01. The molecule has 0 fully saturated rings. The van der Waals surface area contributed by atoms with Crippen molar-refractivity contribution in [2.75, 3.05) is 32.6 Å². The van der Waals surface area contributed by atoms with Crippen molar-refractivity contribution in [3.8, 4) is 11.5 Å². The van der Waals surface area contributed by atoms with Crippen molar-refractivity contribution in [3.05, 3.63) is 17.7 Å². The first kappa shape index (κ1) is 15.5. The Morgan fingerprint density at radius 3 is 2.50 bits per heavy atom. The van der Waals surface area contributed by atoms with E-state index >= 15 is 0 Å². The van der Waals surface area contributed by atoms with E-state index in [0.717, 1.165) is 24.6 Å². The maximum atomic E-state index is 9.27. The van der Waals surface area contributed by atoms with Crippen molar-refractivity contribution >= 4 is 11.8 Å². The van der Waals surface area contributed by atoms with Crippen LogP contribution in [0.5, 0.6) is 11.5 Å². The Morgan fingerprint density at radius 1 is 1.25 bits per heavy atom. The Hall–Kier alpha value is -0.910. The second kappa shape index (κ2) is 6.70. The van der Waals surface area contributed by atoms with E-state index in [1.54, 1.807) is 11.8 Å². The Morgan fingerprint density at radius 2 is 1.90 bits per heavy atom. The van der Waals surface area contributed by atoms with Crippen LogP contribution in [0.2, 0.25) is 0 Å². The predicted molar refractivity (Wildman–Crippen MR) is 81.8 cm³/mol. The van der Waals surface area contributed by atoms with Gasteiger partial charge in [-0.25, -0.2) is 0 Å². The van der Waals surface area contributed by atoms with Crippen LogP contribution < -0.4 is 14.8 Å². The molecule has 20 heavy (non-hydrogen) atoms. The van der Waals surface area contributed by atoms with Gasteiger partial charge in [-0.05, 0) is 24.0 Å². The molecule has 2 rings (SSSR count). The van der Waals surface area contributed by atoms with Crippen LogP contribution in [0.3, 0.4) is 0 Å². The van der Waals surface area contributed by atoms with Gasteiger partial charge >= 0.3 is 0 Å². The molecule has 0 atom stereocenters. The summed E-state index contributed by atoms with van der Waals surface area (Å²) in [4.78, 5) is 1.20. The number of aliphatic hydroxyl groups is 1. The Balaban J connectivity index is 2.06. The van der Waals surface area contributed by atoms with Gasteiger partial charge in [-0.15, -0.1) is 11.8 Å². The normalized spacial score (nSPS) is 14.4. The molecule has 1 aromatic rings. The van der Waals surface area contributed by atoms with Crippen molar-refractivity contribution in [1.29, 1.82) is 0 Å². The Bertz CT molecular complexity index is 463. The SMILES string of the molecule is CSc1cc2c(cc1CNCC(C)(C)CO)OCCO2. The highest BCUT2D eigenvalue weighted by Gasteiger charge is 2.18. The molecule has 4 nitrogen and oxygen atoms in total. The third-order valence-corrected chi connectivity index (χ3v) is 4.11. The third kappa shape index (κ3) is 3.81. The first-order valence-electron chi connectivity index (χ1n) is 6.84. The number of hydrogen-bond donors (Lipinski definition) is 2. The average Bonchev–Trinajstić information content (AvgIpc) is 2.46. The monoisotopic (exact) mass is 297 g/mol. The quantitative estimate of drug-likeness (QED) is 0.789. The number of rotatable bonds is 6. The molecule has 0 spiro atoms. The minimum absolute atomic E-state index is 0.104. The zero-order chi connectivity index (χ0) is 14.6. The molecule has 0 radical (unpaired) electrons. The van der Waals surface area contributed by atoms with E-state index in [9.17, 15) is 5.11 Å². The van der Waals surface area contributed by atoms with E-state index in [4.69, 9.17) is 9.47 Å². The molecule has 0 bridgehead atoms. The fourth-order valence-corrected chi connectivity index (χ4v) is 2.65. The largest absolute Gasteiger partial charge is 0.486 e. The van der Waals surface area contributed by atoms with Crippen molar-refractivity contribution in [3.63, 3.8) is 0 Å². The van der Waals surface area contributed by atoms with Crippen LogP contribution in [-0.2, 0) is 6.54 Å². The molecule has 0 saturated heterocycles. The zero-order valence-electron chi connectivity index (χ0n) is 12.4. The van der Waals surface area contributed by atoms with E-state index in [1.807, 2.05) is 19.9 Å². The molecule has 1 aliphatic heterocycles. The van der Waals surface area contributed by atoms with Gasteiger partial charge in [0.25, 0.3) is 0 Å². The Labute approximate surface area is 124 Å². The summed E-state index contributed by atoms with van der Waals surface area (Å²) < 4.78 is 11.2. The maximum absolute atomic E-state index is 9.27. The number of benzene rings is 1. The van der Waals surface area contributed by atoms with Crippen molar-refractivity contribution in [1.82, 2.24) is 5.32 Å². The highest BCUT2D eigenvalue weighted by molar-refractivity contribution is 7.98. The molecule has 0 aliphatic carbocycles. The summed E-state index contributed by atoms with van der Waals surface area (Å²) in [6, 6.07) is 4.10. The fraction of sp³-hybridized carbons (Fsp3) is 0.600. The molecule has 1 aliphatic rings. The number of fused-ring (bicyclic) bond motifs is 1. The highest BCUT2D eigenvalue weighted by atomic mass is 32.2. The second-order valence-corrected chi connectivity index (χ2v) is 6.58. The number of nitrogens with one attached hydrogen (secondary N) is 1. The third-order valence-electron chi connectivity index (χ3n) is 3.29. The Kier molecular flexibility index (Phi) is 5.18. The first-order valence-corrected chi connectivity index (χ1v) is 8.06. The summed E-state index contributed by atoms with van der Waals surface area (Å²) >= 11 is 1.71. The summed E-state index contributed by atoms with van der Waals surface area (Å²) in [7, 11) is 0. The topological polar surface area (TPSA) is 50.7 Å². The predicted octanol–water partition coefficient (Wildman–Crippen LogP) is 2.29. The lowest BCUT2D eigenvalue weighted by Gasteiger charge is -2.23. The van der Waals surface area contributed by atoms with E-state index in [0.29, 0.717) is 13.2 Å². The minimum Gasteiger partial charge on any atom is -0.486 e. The standard InChI is InChI=1S/C15H23NO3S/c1-15(2,10-17)9-16-8-11-6-12-13(7-14(11)20-3)19-5-4-18-12/h6-7,16-17H,4-5,8-10H2,1-3H3. The van der Waals surface area contributed by atoms with E-state index in [2.05, 4.69) is 17.6 Å². The van der Waals surface area contributed by atoms with Crippen LogP contribution in [0.1, 0.15) is 19.4 Å². The van der Waals surface area contributed by atoms with Gasteiger partial charge in [0.2, 0.25) is 0 Å². The molecular weight excluding hydrogens is 274 g/mol.